The highest BCUT2D eigenvalue weighted by Gasteiger charge is 2.26. The van der Waals surface area contributed by atoms with E-state index in [1.165, 1.54) is 0 Å². The minimum Gasteiger partial charge on any atom is -0.433 e. The van der Waals surface area contributed by atoms with Gasteiger partial charge in [0.1, 0.15) is 0 Å². The van der Waals surface area contributed by atoms with E-state index < -0.39 is 0 Å². The summed E-state index contributed by atoms with van der Waals surface area (Å²) in [7, 11) is 0. The van der Waals surface area contributed by atoms with Gasteiger partial charge in [0.2, 0.25) is 5.05 Å². The van der Waals surface area contributed by atoms with Crippen LogP contribution >= 0.6 is 24.4 Å². The lowest BCUT2D eigenvalue weighted by molar-refractivity contribution is 0.592. The van der Waals surface area contributed by atoms with Crippen LogP contribution in [0.3, 0.4) is 0 Å². The van der Waals surface area contributed by atoms with Gasteiger partial charge in [0.25, 0.3) is 0 Å². The molecule has 0 radical (unpaired) electrons. The Labute approximate surface area is 110 Å². The molecule has 17 heavy (non-hydrogen) atoms. The Morgan fingerprint density at radius 2 is 1.41 bits per heavy atom. The van der Waals surface area contributed by atoms with Gasteiger partial charge >= 0.3 is 0 Å². The average Bonchev–Trinajstić information content (AvgIpc) is 2.66. The first-order valence-electron chi connectivity index (χ1n) is 5.22. The van der Waals surface area contributed by atoms with Gasteiger partial charge in [-0.1, -0.05) is 42.5 Å². The third-order valence-corrected chi connectivity index (χ3v) is 3.35. The third-order valence-electron chi connectivity index (χ3n) is 2.76. The number of benzene rings is 2. The van der Waals surface area contributed by atoms with Crippen molar-refractivity contribution in [3.05, 3.63) is 59.7 Å². The van der Waals surface area contributed by atoms with Gasteiger partial charge in [-0.3, -0.25) is 0 Å². The van der Waals surface area contributed by atoms with Crippen molar-refractivity contribution in [1.82, 2.24) is 0 Å². The van der Waals surface area contributed by atoms with Crippen LogP contribution in [0.15, 0.2) is 48.5 Å². The molecule has 0 bridgehead atoms. The normalized spacial score (nSPS) is 13.4. The van der Waals surface area contributed by atoms with Crippen molar-refractivity contribution in [2.45, 2.75) is 0 Å². The molecule has 0 saturated heterocycles. The smallest absolute Gasteiger partial charge is 0.200 e. The first-order chi connectivity index (χ1) is 8.27. The standard InChI is InChI=1S/C14H8OS2/c16-13-11-8-4-7-10(12(11)14(17)15-13)9-5-2-1-3-6-9/h1-8H. The first kappa shape index (κ1) is 10.6. The second-order valence-corrected chi connectivity index (χ2v) is 4.51. The molecule has 0 aliphatic carbocycles. The van der Waals surface area contributed by atoms with Crippen LogP contribution in [0.1, 0.15) is 11.1 Å². The number of rotatable bonds is 1. The minimum absolute atomic E-state index is 0.475. The molecule has 0 aromatic heterocycles. The average molecular weight is 256 g/mol. The van der Waals surface area contributed by atoms with Crippen molar-refractivity contribution < 1.29 is 4.74 Å². The van der Waals surface area contributed by atoms with E-state index in [0.29, 0.717) is 10.1 Å². The number of hydrogen-bond acceptors (Lipinski definition) is 3. The molecule has 3 heteroatoms. The van der Waals surface area contributed by atoms with Gasteiger partial charge in [-0.05, 0) is 41.6 Å². The van der Waals surface area contributed by atoms with E-state index in [2.05, 4.69) is 12.1 Å². The number of thiocarbonyl (C=S) groups is 2. The van der Waals surface area contributed by atoms with E-state index in [4.69, 9.17) is 29.2 Å². The molecular weight excluding hydrogens is 248 g/mol. The number of ether oxygens (including phenoxy) is 1. The van der Waals surface area contributed by atoms with Gasteiger partial charge in [0.15, 0.2) is 5.05 Å². The zero-order valence-electron chi connectivity index (χ0n) is 8.84. The molecule has 2 aromatic rings. The van der Waals surface area contributed by atoms with Crippen LogP contribution in [0.5, 0.6) is 0 Å². The number of hydrogen-bond donors (Lipinski definition) is 0. The zero-order valence-corrected chi connectivity index (χ0v) is 10.5. The Morgan fingerprint density at radius 1 is 0.706 bits per heavy atom. The van der Waals surface area contributed by atoms with Gasteiger partial charge in [0, 0.05) is 11.1 Å². The second-order valence-electron chi connectivity index (χ2n) is 3.77. The molecule has 0 unspecified atom stereocenters. The zero-order chi connectivity index (χ0) is 11.8. The Kier molecular flexibility index (Phi) is 2.50. The third kappa shape index (κ3) is 1.68. The predicted molar refractivity (Wildman–Crippen MR) is 76.4 cm³/mol. The Hall–Kier alpha value is -1.58. The lowest BCUT2D eigenvalue weighted by Crippen LogP contribution is -1.96. The van der Waals surface area contributed by atoms with E-state index in [1.807, 2.05) is 36.4 Å². The highest BCUT2D eigenvalue weighted by Crippen LogP contribution is 2.31. The maximum Gasteiger partial charge on any atom is 0.200 e. The van der Waals surface area contributed by atoms with Crippen molar-refractivity contribution in [2.24, 2.45) is 0 Å². The molecule has 82 valence electrons. The van der Waals surface area contributed by atoms with Crippen LogP contribution in [-0.2, 0) is 4.74 Å². The number of fused-ring (bicyclic) bond motifs is 1. The van der Waals surface area contributed by atoms with Crippen LogP contribution in [0.25, 0.3) is 11.1 Å². The van der Waals surface area contributed by atoms with Gasteiger partial charge < -0.3 is 4.74 Å². The summed E-state index contributed by atoms with van der Waals surface area (Å²) in [6.45, 7) is 0. The van der Waals surface area contributed by atoms with E-state index in [0.717, 1.165) is 22.3 Å². The molecule has 3 rings (SSSR count). The molecule has 1 aliphatic rings. The molecule has 0 N–H and O–H groups in total. The SMILES string of the molecule is S=C1OC(=S)c2c1cccc2-c1ccccc1. The molecule has 0 atom stereocenters. The summed E-state index contributed by atoms with van der Waals surface area (Å²) in [4.78, 5) is 0. The summed E-state index contributed by atoms with van der Waals surface area (Å²) in [5, 5.41) is 0.951. The van der Waals surface area contributed by atoms with Gasteiger partial charge in [-0.15, -0.1) is 0 Å². The van der Waals surface area contributed by atoms with Crippen LogP contribution in [0, 0.1) is 0 Å². The minimum atomic E-state index is 0.475. The van der Waals surface area contributed by atoms with Crippen LogP contribution in [0.4, 0.5) is 0 Å². The Bertz CT molecular complexity index is 617. The highest BCUT2D eigenvalue weighted by atomic mass is 32.1. The van der Waals surface area contributed by atoms with E-state index in [1.54, 1.807) is 0 Å². The molecular formula is C14H8OS2. The van der Waals surface area contributed by atoms with Crippen molar-refractivity contribution >= 4 is 34.5 Å². The van der Waals surface area contributed by atoms with Crippen molar-refractivity contribution in [3.8, 4) is 11.1 Å². The van der Waals surface area contributed by atoms with E-state index >= 15 is 0 Å². The quantitative estimate of drug-likeness (QED) is 0.719. The van der Waals surface area contributed by atoms with E-state index in [9.17, 15) is 0 Å². The monoisotopic (exact) mass is 256 g/mol. The summed E-state index contributed by atoms with van der Waals surface area (Å²) in [6.07, 6.45) is 0. The fourth-order valence-corrected chi connectivity index (χ4v) is 2.60. The fourth-order valence-electron chi connectivity index (χ4n) is 1.99. The molecule has 1 nitrogen and oxygen atoms in total. The fraction of sp³-hybridized carbons (Fsp3) is 0. The van der Waals surface area contributed by atoms with E-state index in [-0.39, 0.29) is 0 Å². The van der Waals surface area contributed by atoms with Crippen LogP contribution < -0.4 is 0 Å². The highest BCUT2D eigenvalue weighted by molar-refractivity contribution is 7.82. The Balaban J connectivity index is 2.27. The van der Waals surface area contributed by atoms with Gasteiger partial charge in [-0.2, -0.15) is 0 Å². The topological polar surface area (TPSA) is 9.23 Å². The van der Waals surface area contributed by atoms with Crippen molar-refractivity contribution in [1.29, 1.82) is 0 Å². The molecule has 0 fully saturated rings. The van der Waals surface area contributed by atoms with Crippen molar-refractivity contribution in [2.75, 3.05) is 0 Å². The molecule has 0 saturated carbocycles. The summed E-state index contributed by atoms with van der Waals surface area (Å²) in [5.74, 6) is 0. The molecule has 1 aliphatic heterocycles. The van der Waals surface area contributed by atoms with Gasteiger partial charge in [0.05, 0.1) is 0 Å². The van der Waals surface area contributed by atoms with Crippen LogP contribution in [-0.4, -0.2) is 10.1 Å². The van der Waals surface area contributed by atoms with Crippen LogP contribution in [0.2, 0.25) is 0 Å². The summed E-state index contributed by atoms with van der Waals surface area (Å²) in [6, 6.07) is 16.1. The largest absolute Gasteiger partial charge is 0.433 e. The maximum absolute atomic E-state index is 5.36. The van der Waals surface area contributed by atoms with Crippen molar-refractivity contribution in [3.63, 3.8) is 0 Å². The lowest BCUT2D eigenvalue weighted by atomic mass is 9.97. The first-order valence-corrected chi connectivity index (χ1v) is 6.04. The van der Waals surface area contributed by atoms with Gasteiger partial charge in [-0.25, -0.2) is 0 Å². The predicted octanol–water partition coefficient (Wildman–Crippen LogP) is 3.73. The summed E-state index contributed by atoms with van der Waals surface area (Å²) < 4.78 is 5.36. The summed E-state index contributed by atoms with van der Waals surface area (Å²) in [5.41, 5.74) is 4.07. The molecule has 0 spiro atoms. The summed E-state index contributed by atoms with van der Waals surface area (Å²) >= 11 is 10.4. The Morgan fingerprint density at radius 3 is 2.18 bits per heavy atom. The second kappa shape index (κ2) is 4.02. The molecule has 1 heterocycles. The molecule has 2 aromatic carbocycles. The maximum atomic E-state index is 5.36. The lowest BCUT2D eigenvalue weighted by Gasteiger charge is -2.05. The molecule has 0 amide bonds.